The molecule has 0 aliphatic heterocycles. The number of aromatic nitrogens is 1. The molecule has 1 aromatic carbocycles. The van der Waals surface area contributed by atoms with Gasteiger partial charge in [-0.15, -0.1) is 0 Å². The minimum Gasteiger partial charge on any atom is -0.496 e. The van der Waals surface area contributed by atoms with E-state index in [0.29, 0.717) is 19.5 Å². The minimum absolute atomic E-state index is 0.00286. The third-order valence-corrected chi connectivity index (χ3v) is 5.48. The molecule has 3 atom stereocenters. The van der Waals surface area contributed by atoms with Gasteiger partial charge in [-0.25, -0.2) is 0 Å². The highest BCUT2D eigenvalue weighted by molar-refractivity contribution is 5.79. The first-order valence-corrected chi connectivity index (χ1v) is 9.70. The number of rotatable bonds is 7. The van der Waals surface area contributed by atoms with Crippen LogP contribution in [0.5, 0.6) is 5.75 Å². The van der Waals surface area contributed by atoms with Crippen LogP contribution in [0.3, 0.4) is 0 Å². The molecule has 1 aliphatic carbocycles. The van der Waals surface area contributed by atoms with Crippen LogP contribution in [-0.2, 0) is 22.6 Å². The van der Waals surface area contributed by atoms with Gasteiger partial charge in [0.1, 0.15) is 5.75 Å². The zero-order valence-electron chi connectivity index (χ0n) is 16.6. The van der Waals surface area contributed by atoms with E-state index < -0.39 is 0 Å². The molecule has 0 unspecified atom stereocenters. The Bertz CT molecular complexity index is 769. The molecule has 1 amide bonds. The molecule has 6 nitrogen and oxygen atoms in total. The van der Waals surface area contributed by atoms with Gasteiger partial charge >= 0.3 is 0 Å². The molecule has 0 saturated heterocycles. The Hall–Kier alpha value is -2.44. The fourth-order valence-electron chi connectivity index (χ4n) is 3.87. The minimum atomic E-state index is -0.0821. The van der Waals surface area contributed by atoms with E-state index in [1.165, 1.54) is 0 Å². The van der Waals surface area contributed by atoms with Crippen molar-refractivity contribution in [3.63, 3.8) is 0 Å². The SMILES string of the molecule is COc1ccccc1CN(Cc1ccncc1)C(=O)[C@H]1CC[C@@H](N)[C@H](OC)C1. The van der Waals surface area contributed by atoms with Crippen LogP contribution in [0.2, 0.25) is 0 Å². The molecule has 1 aromatic heterocycles. The highest BCUT2D eigenvalue weighted by Crippen LogP contribution is 2.29. The molecule has 2 N–H and O–H groups in total. The van der Waals surface area contributed by atoms with Gasteiger partial charge in [0.2, 0.25) is 5.91 Å². The number of hydrogen-bond donors (Lipinski definition) is 1. The lowest BCUT2D eigenvalue weighted by atomic mass is 9.83. The second-order valence-electron chi connectivity index (χ2n) is 7.31. The van der Waals surface area contributed by atoms with Crippen molar-refractivity contribution in [2.24, 2.45) is 11.7 Å². The number of amides is 1. The summed E-state index contributed by atoms with van der Waals surface area (Å²) in [6, 6.07) is 11.7. The molecule has 0 spiro atoms. The number of carbonyl (C=O) groups is 1. The third-order valence-electron chi connectivity index (χ3n) is 5.48. The van der Waals surface area contributed by atoms with Crippen LogP contribution in [0, 0.1) is 5.92 Å². The van der Waals surface area contributed by atoms with Crippen LogP contribution in [0.25, 0.3) is 0 Å². The molecular formula is C22H29N3O3. The maximum atomic E-state index is 13.4. The quantitative estimate of drug-likeness (QED) is 0.795. The summed E-state index contributed by atoms with van der Waals surface area (Å²) in [6.45, 7) is 1.02. The molecule has 150 valence electrons. The Morgan fingerprint density at radius 2 is 1.89 bits per heavy atom. The number of nitrogens with zero attached hydrogens (tertiary/aromatic N) is 2. The van der Waals surface area contributed by atoms with Gasteiger partial charge in [-0.1, -0.05) is 18.2 Å². The Morgan fingerprint density at radius 3 is 2.61 bits per heavy atom. The molecule has 1 saturated carbocycles. The lowest BCUT2D eigenvalue weighted by Crippen LogP contribution is -2.46. The van der Waals surface area contributed by atoms with Gasteiger partial charge < -0.3 is 20.1 Å². The molecular weight excluding hydrogens is 354 g/mol. The predicted octanol–water partition coefficient (Wildman–Crippen LogP) is 2.76. The van der Waals surface area contributed by atoms with Crippen LogP contribution >= 0.6 is 0 Å². The Labute approximate surface area is 166 Å². The van der Waals surface area contributed by atoms with Crippen molar-refractivity contribution in [1.29, 1.82) is 0 Å². The standard InChI is InChI=1S/C22H29N3O3/c1-27-20-6-4-3-5-18(20)15-25(14-16-9-11-24-12-10-16)22(26)17-7-8-19(23)21(13-17)28-2/h3-6,9-12,17,19,21H,7-8,13-15,23H2,1-2H3/t17-,19+,21+/m0/s1. The van der Waals surface area contributed by atoms with E-state index in [0.717, 1.165) is 29.7 Å². The van der Waals surface area contributed by atoms with Crippen LogP contribution in [0.4, 0.5) is 0 Å². The number of carbonyl (C=O) groups excluding carboxylic acids is 1. The molecule has 2 aromatic rings. The van der Waals surface area contributed by atoms with Gasteiger partial charge in [-0.05, 0) is 43.0 Å². The number of hydrogen-bond acceptors (Lipinski definition) is 5. The Balaban J connectivity index is 1.82. The van der Waals surface area contributed by atoms with E-state index in [4.69, 9.17) is 15.2 Å². The van der Waals surface area contributed by atoms with Crippen LogP contribution in [-0.4, -0.2) is 42.2 Å². The largest absolute Gasteiger partial charge is 0.496 e. The van der Waals surface area contributed by atoms with E-state index in [1.54, 1.807) is 26.6 Å². The van der Waals surface area contributed by atoms with E-state index in [9.17, 15) is 4.79 Å². The van der Waals surface area contributed by atoms with Crippen LogP contribution < -0.4 is 10.5 Å². The normalized spacial score (nSPS) is 21.9. The first-order chi connectivity index (χ1) is 13.6. The van der Waals surface area contributed by atoms with Crippen molar-refractivity contribution < 1.29 is 14.3 Å². The highest BCUT2D eigenvalue weighted by Gasteiger charge is 2.34. The molecule has 1 aliphatic rings. The average molecular weight is 383 g/mol. The topological polar surface area (TPSA) is 77.7 Å². The fourth-order valence-corrected chi connectivity index (χ4v) is 3.87. The molecule has 1 heterocycles. The van der Waals surface area contributed by atoms with Crippen molar-refractivity contribution in [1.82, 2.24) is 9.88 Å². The van der Waals surface area contributed by atoms with E-state index >= 15 is 0 Å². The predicted molar refractivity (Wildman–Crippen MR) is 108 cm³/mol. The monoisotopic (exact) mass is 383 g/mol. The summed E-state index contributed by atoms with van der Waals surface area (Å²) < 4.78 is 11.0. The number of ether oxygens (including phenoxy) is 2. The number of para-hydroxylation sites is 1. The molecule has 0 radical (unpaired) electrons. The third kappa shape index (κ3) is 4.88. The van der Waals surface area contributed by atoms with E-state index in [-0.39, 0.29) is 24.0 Å². The van der Waals surface area contributed by atoms with Crippen molar-refractivity contribution in [2.75, 3.05) is 14.2 Å². The van der Waals surface area contributed by atoms with Gasteiger partial charge in [0.25, 0.3) is 0 Å². The smallest absolute Gasteiger partial charge is 0.226 e. The molecule has 1 fully saturated rings. The maximum Gasteiger partial charge on any atom is 0.226 e. The summed E-state index contributed by atoms with van der Waals surface area (Å²) in [5, 5.41) is 0. The molecule has 6 heteroatoms. The second kappa shape index (κ2) is 9.66. The zero-order valence-corrected chi connectivity index (χ0v) is 16.6. The summed E-state index contributed by atoms with van der Waals surface area (Å²) >= 11 is 0. The van der Waals surface area contributed by atoms with Crippen molar-refractivity contribution >= 4 is 5.91 Å². The van der Waals surface area contributed by atoms with Crippen molar-refractivity contribution in [3.05, 3.63) is 59.9 Å². The fraction of sp³-hybridized carbons (Fsp3) is 0.455. The van der Waals surface area contributed by atoms with Gasteiger partial charge in [0.15, 0.2) is 0 Å². The number of methoxy groups -OCH3 is 2. The molecule has 28 heavy (non-hydrogen) atoms. The van der Waals surface area contributed by atoms with E-state index in [1.807, 2.05) is 41.3 Å². The van der Waals surface area contributed by atoms with Gasteiger partial charge in [0, 0.05) is 50.1 Å². The number of nitrogens with two attached hydrogens (primary N) is 1. The average Bonchev–Trinajstić information content (AvgIpc) is 2.74. The first kappa shape index (κ1) is 20.3. The van der Waals surface area contributed by atoms with Crippen molar-refractivity contribution in [2.45, 2.75) is 44.5 Å². The summed E-state index contributed by atoms with van der Waals surface area (Å²) in [5.41, 5.74) is 8.18. The summed E-state index contributed by atoms with van der Waals surface area (Å²) in [5.74, 6) is 0.841. The lowest BCUT2D eigenvalue weighted by molar-refractivity contribution is -0.139. The maximum absolute atomic E-state index is 13.4. The molecule has 3 rings (SSSR count). The van der Waals surface area contributed by atoms with Gasteiger partial charge in [-0.3, -0.25) is 9.78 Å². The summed E-state index contributed by atoms with van der Waals surface area (Å²) in [4.78, 5) is 19.4. The highest BCUT2D eigenvalue weighted by atomic mass is 16.5. The molecule has 0 bridgehead atoms. The van der Waals surface area contributed by atoms with Gasteiger partial charge in [0.05, 0.1) is 13.2 Å². The van der Waals surface area contributed by atoms with E-state index in [2.05, 4.69) is 4.98 Å². The second-order valence-corrected chi connectivity index (χ2v) is 7.31. The summed E-state index contributed by atoms with van der Waals surface area (Å²) in [7, 11) is 3.32. The Kier molecular flexibility index (Phi) is 7.01. The number of benzene rings is 1. The zero-order chi connectivity index (χ0) is 19.9. The lowest BCUT2D eigenvalue weighted by Gasteiger charge is -2.35. The first-order valence-electron chi connectivity index (χ1n) is 9.70. The summed E-state index contributed by atoms with van der Waals surface area (Å²) in [6.07, 6.45) is 5.68. The van der Waals surface area contributed by atoms with Crippen LogP contribution in [0.1, 0.15) is 30.4 Å². The van der Waals surface area contributed by atoms with Crippen LogP contribution in [0.15, 0.2) is 48.8 Å². The number of pyridine rings is 1. The van der Waals surface area contributed by atoms with Gasteiger partial charge in [-0.2, -0.15) is 0 Å². The van der Waals surface area contributed by atoms with Crippen molar-refractivity contribution in [3.8, 4) is 5.75 Å². The Morgan fingerprint density at radius 1 is 1.14 bits per heavy atom.